The first-order valence-electron chi connectivity index (χ1n) is 9.16. The predicted molar refractivity (Wildman–Crippen MR) is 94.2 cm³/mol. The van der Waals surface area contributed by atoms with E-state index < -0.39 is 15.4 Å². The van der Waals surface area contributed by atoms with Crippen molar-refractivity contribution in [3.05, 3.63) is 0 Å². The summed E-state index contributed by atoms with van der Waals surface area (Å²) in [5, 5.41) is 2.81. The second-order valence-electron chi connectivity index (χ2n) is 7.85. The van der Waals surface area contributed by atoms with Crippen LogP contribution < -0.4 is 5.32 Å². The molecular formula is C17H29N3O4S. The molecule has 2 heterocycles. The summed E-state index contributed by atoms with van der Waals surface area (Å²) in [4.78, 5) is 26.5. The lowest BCUT2D eigenvalue weighted by Gasteiger charge is -2.43. The maximum atomic E-state index is 12.7. The van der Waals surface area contributed by atoms with Gasteiger partial charge in [0.1, 0.15) is 0 Å². The number of carbonyl (C=O) groups excluding carboxylic acids is 2. The minimum atomic E-state index is -3.16. The lowest BCUT2D eigenvalue weighted by Crippen LogP contribution is -2.49. The molecular weight excluding hydrogens is 342 g/mol. The minimum absolute atomic E-state index is 0.0128. The average molecular weight is 372 g/mol. The first-order valence-corrected chi connectivity index (χ1v) is 10.8. The first kappa shape index (κ1) is 18.6. The summed E-state index contributed by atoms with van der Waals surface area (Å²) in [6.45, 7) is 5.39. The number of sulfonamides is 1. The van der Waals surface area contributed by atoms with Crippen LogP contribution in [0.1, 0.15) is 39.5 Å². The Balaban J connectivity index is 1.85. The maximum Gasteiger partial charge on any atom is 0.228 e. The highest BCUT2D eigenvalue weighted by atomic mass is 32.2. The van der Waals surface area contributed by atoms with Crippen molar-refractivity contribution in [2.75, 3.05) is 39.0 Å². The lowest BCUT2D eigenvalue weighted by atomic mass is 9.66. The van der Waals surface area contributed by atoms with Gasteiger partial charge in [-0.15, -0.1) is 0 Å². The van der Waals surface area contributed by atoms with Gasteiger partial charge in [-0.2, -0.15) is 0 Å². The molecule has 0 aromatic rings. The van der Waals surface area contributed by atoms with Crippen LogP contribution in [-0.4, -0.2) is 68.4 Å². The number of rotatable bonds is 3. The Kier molecular flexibility index (Phi) is 4.64. The van der Waals surface area contributed by atoms with Gasteiger partial charge < -0.3 is 10.2 Å². The smallest absolute Gasteiger partial charge is 0.228 e. The fraction of sp³-hybridized carbons (Fsp3) is 0.882. The molecule has 8 heteroatoms. The summed E-state index contributed by atoms with van der Waals surface area (Å²) in [5.41, 5.74) is -0.539. The Hall–Kier alpha value is -1.15. The van der Waals surface area contributed by atoms with Crippen molar-refractivity contribution in [1.82, 2.24) is 14.5 Å². The summed E-state index contributed by atoms with van der Waals surface area (Å²) in [5.74, 6) is 0.292. The van der Waals surface area contributed by atoms with Crippen LogP contribution in [0.4, 0.5) is 0 Å². The van der Waals surface area contributed by atoms with Gasteiger partial charge in [0.2, 0.25) is 21.8 Å². The molecule has 0 aromatic heterocycles. The third-order valence-corrected chi connectivity index (χ3v) is 8.83. The standard InChI is InChI=1S/C17H29N3O4S/c1-4-25(23,24)20-9-7-16(8-10-20)5-6-17(15(22)18-3)12-19(13(2)21)11-14(16)17/h14H,4-12H2,1-3H3,(H,18,22)/t14-,17+/m1/s1. The number of piperidine rings is 1. The molecule has 7 nitrogen and oxygen atoms in total. The van der Waals surface area contributed by atoms with E-state index in [9.17, 15) is 18.0 Å². The Morgan fingerprint density at radius 2 is 1.80 bits per heavy atom. The van der Waals surface area contributed by atoms with Crippen molar-refractivity contribution in [3.8, 4) is 0 Å². The molecule has 0 radical (unpaired) electrons. The van der Waals surface area contributed by atoms with Gasteiger partial charge >= 0.3 is 0 Å². The van der Waals surface area contributed by atoms with Gasteiger partial charge in [0, 0.05) is 40.2 Å². The van der Waals surface area contributed by atoms with Gasteiger partial charge in [0.25, 0.3) is 0 Å². The normalized spacial score (nSPS) is 32.0. The molecule has 142 valence electrons. The summed E-state index contributed by atoms with van der Waals surface area (Å²) in [6, 6.07) is 0. The number of hydrogen-bond donors (Lipinski definition) is 1. The monoisotopic (exact) mass is 371 g/mol. The van der Waals surface area contributed by atoms with Crippen LogP contribution in [0.3, 0.4) is 0 Å². The van der Waals surface area contributed by atoms with Crippen LogP contribution in [0.2, 0.25) is 0 Å². The van der Waals surface area contributed by atoms with Crippen LogP contribution in [0.25, 0.3) is 0 Å². The van der Waals surface area contributed by atoms with E-state index >= 15 is 0 Å². The molecule has 2 atom stereocenters. The van der Waals surface area contributed by atoms with Crippen LogP contribution >= 0.6 is 0 Å². The molecule has 25 heavy (non-hydrogen) atoms. The van der Waals surface area contributed by atoms with Crippen molar-refractivity contribution in [1.29, 1.82) is 0 Å². The Labute approximate surface area is 150 Å². The molecule has 3 fully saturated rings. The SMILES string of the molecule is CCS(=O)(=O)N1CCC2(CC1)CC[C@]1(C(=O)NC)CN(C(C)=O)C[C@H]21. The van der Waals surface area contributed by atoms with E-state index in [0.717, 1.165) is 25.7 Å². The van der Waals surface area contributed by atoms with Gasteiger partial charge in [-0.3, -0.25) is 9.59 Å². The molecule has 0 bridgehead atoms. The van der Waals surface area contributed by atoms with E-state index in [1.165, 1.54) is 0 Å². The molecule has 2 amide bonds. The Morgan fingerprint density at radius 1 is 1.16 bits per heavy atom. The maximum absolute atomic E-state index is 12.7. The third-order valence-electron chi connectivity index (χ3n) is 6.95. The van der Waals surface area contributed by atoms with Gasteiger partial charge in [0.05, 0.1) is 11.2 Å². The zero-order chi connectivity index (χ0) is 18.5. The summed E-state index contributed by atoms with van der Waals surface area (Å²) < 4.78 is 25.9. The number of fused-ring (bicyclic) bond motifs is 2. The Morgan fingerprint density at radius 3 is 2.32 bits per heavy atom. The summed E-state index contributed by atoms with van der Waals surface area (Å²) in [6.07, 6.45) is 3.28. The van der Waals surface area contributed by atoms with Gasteiger partial charge in [-0.25, -0.2) is 12.7 Å². The molecule has 2 aliphatic heterocycles. The predicted octanol–water partition coefficient (Wildman–Crippen LogP) is 0.423. The van der Waals surface area contributed by atoms with Crippen molar-refractivity contribution in [2.45, 2.75) is 39.5 Å². The van der Waals surface area contributed by atoms with Crippen molar-refractivity contribution in [3.63, 3.8) is 0 Å². The fourth-order valence-corrected chi connectivity index (χ4v) is 6.52. The second-order valence-corrected chi connectivity index (χ2v) is 10.1. The quantitative estimate of drug-likeness (QED) is 0.779. The average Bonchev–Trinajstić information content (AvgIpc) is 3.13. The number of nitrogens with zero attached hydrogens (tertiary/aromatic N) is 2. The molecule has 3 rings (SSSR count). The van der Waals surface area contributed by atoms with E-state index in [1.807, 2.05) is 0 Å². The van der Waals surface area contributed by atoms with Crippen LogP contribution in [-0.2, 0) is 19.6 Å². The molecule has 1 spiro atoms. The highest BCUT2D eigenvalue weighted by Gasteiger charge is 2.64. The van der Waals surface area contributed by atoms with E-state index in [0.29, 0.717) is 26.2 Å². The van der Waals surface area contributed by atoms with E-state index in [-0.39, 0.29) is 28.9 Å². The van der Waals surface area contributed by atoms with Crippen molar-refractivity contribution in [2.24, 2.45) is 16.7 Å². The van der Waals surface area contributed by atoms with Crippen molar-refractivity contribution < 1.29 is 18.0 Å². The second kappa shape index (κ2) is 6.23. The van der Waals surface area contributed by atoms with Gasteiger partial charge in [0.15, 0.2) is 0 Å². The molecule has 1 aliphatic carbocycles. The van der Waals surface area contributed by atoms with Crippen LogP contribution in [0.15, 0.2) is 0 Å². The zero-order valence-electron chi connectivity index (χ0n) is 15.4. The number of carbonyl (C=O) groups is 2. The molecule has 0 aromatic carbocycles. The highest BCUT2D eigenvalue weighted by Crippen LogP contribution is 2.62. The van der Waals surface area contributed by atoms with Gasteiger partial charge in [-0.1, -0.05) is 0 Å². The van der Waals surface area contributed by atoms with Gasteiger partial charge in [-0.05, 0) is 43.9 Å². The van der Waals surface area contributed by atoms with Crippen LogP contribution in [0.5, 0.6) is 0 Å². The van der Waals surface area contributed by atoms with E-state index in [4.69, 9.17) is 0 Å². The number of likely N-dealkylation sites (tertiary alicyclic amines) is 1. The molecule has 1 saturated carbocycles. The fourth-order valence-electron chi connectivity index (χ4n) is 5.41. The lowest BCUT2D eigenvalue weighted by molar-refractivity contribution is -0.133. The zero-order valence-corrected chi connectivity index (χ0v) is 16.2. The molecule has 3 aliphatic rings. The minimum Gasteiger partial charge on any atom is -0.359 e. The number of nitrogens with one attached hydrogen (secondary N) is 1. The number of amides is 2. The van der Waals surface area contributed by atoms with Crippen LogP contribution in [0, 0.1) is 16.7 Å². The molecule has 1 N–H and O–H groups in total. The first-order chi connectivity index (χ1) is 11.7. The largest absolute Gasteiger partial charge is 0.359 e. The highest BCUT2D eigenvalue weighted by molar-refractivity contribution is 7.89. The van der Waals surface area contributed by atoms with Crippen molar-refractivity contribution >= 4 is 21.8 Å². The third kappa shape index (κ3) is 2.77. The Bertz CT molecular complexity index is 669. The summed E-state index contributed by atoms with van der Waals surface area (Å²) >= 11 is 0. The topological polar surface area (TPSA) is 86.8 Å². The van der Waals surface area contributed by atoms with E-state index in [1.54, 1.807) is 30.1 Å². The van der Waals surface area contributed by atoms with E-state index in [2.05, 4.69) is 5.32 Å². The molecule has 2 saturated heterocycles. The number of hydrogen-bond acceptors (Lipinski definition) is 4. The summed E-state index contributed by atoms with van der Waals surface area (Å²) in [7, 11) is -1.50. The molecule has 0 unspecified atom stereocenters.